The molecule has 1 saturated heterocycles. The number of carbonyl (C=O) groups is 1. The van der Waals surface area contributed by atoms with Crippen LogP contribution in [-0.2, 0) is 9.53 Å². The lowest BCUT2D eigenvalue weighted by molar-refractivity contribution is -0.142. The zero-order chi connectivity index (χ0) is 10.0. The summed E-state index contributed by atoms with van der Waals surface area (Å²) in [7, 11) is 0. The van der Waals surface area contributed by atoms with Crippen LogP contribution in [0, 0.1) is 11.8 Å². The van der Waals surface area contributed by atoms with Crippen LogP contribution in [0.1, 0.15) is 33.6 Å². The molecule has 1 fully saturated rings. The average molecular weight is 186 g/mol. The molecule has 1 N–H and O–H groups in total. The van der Waals surface area contributed by atoms with E-state index in [9.17, 15) is 9.90 Å². The van der Waals surface area contributed by atoms with Gasteiger partial charge in [0.1, 0.15) is 6.10 Å². The van der Waals surface area contributed by atoms with Crippen LogP contribution in [0.5, 0.6) is 0 Å². The fourth-order valence-electron chi connectivity index (χ4n) is 1.52. The Hall–Kier alpha value is -0.570. The Labute approximate surface area is 79.1 Å². The van der Waals surface area contributed by atoms with E-state index in [0.717, 1.165) is 0 Å². The Kier molecular flexibility index (Phi) is 3.31. The van der Waals surface area contributed by atoms with Gasteiger partial charge in [-0.15, -0.1) is 0 Å². The van der Waals surface area contributed by atoms with Crippen molar-refractivity contribution in [3.8, 4) is 0 Å². The van der Waals surface area contributed by atoms with Crippen molar-refractivity contribution in [2.45, 2.75) is 45.8 Å². The van der Waals surface area contributed by atoms with Crippen molar-refractivity contribution in [2.75, 3.05) is 0 Å². The molecular formula is C10H18O3. The van der Waals surface area contributed by atoms with E-state index in [0.29, 0.717) is 12.8 Å². The monoisotopic (exact) mass is 186 g/mol. The lowest BCUT2D eigenvalue weighted by Gasteiger charge is -2.20. The van der Waals surface area contributed by atoms with Gasteiger partial charge in [0.25, 0.3) is 0 Å². The summed E-state index contributed by atoms with van der Waals surface area (Å²) < 4.78 is 5.10. The third kappa shape index (κ3) is 2.69. The first-order valence-electron chi connectivity index (χ1n) is 4.88. The quantitative estimate of drug-likeness (QED) is 0.677. The van der Waals surface area contributed by atoms with Crippen molar-refractivity contribution in [3.05, 3.63) is 0 Å². The molecule has 0 aromatic heterocycles. The van der Waals surface area contributed by atoms with Crippen LogP contribution >= 0.6 is 0 Å². The van der Waals surface area contributed by atoms with E-state index in [4.69, 9.17) is 4.74 Å². The van der Waals surface area contributed by atoms with E-state index >= 15 is 0 Å². The zero-order valence-electron chi connectivity index (χ0n) is 8.49. The molecule has 1 aliphatic rings. The molecule has 0 saturated carbocycles. The van der Waals surface area contributed by atoms with Crippen molar-refractivity contribution in [1.29, 1.82) is 0 Å². The first-order valence-corrected chi connectivity index (χ1v) is 4.88. The normalized spacial score (nSPS) is 30.7. The van der Waals surface area contributed by atoms with Gasteiger partial charge >= 0.3 is 5.97 Å². The lowest BCUT2D eigenvalue weighted by Crippen LogP contribution is -2.25. The summed E-state index contributed by atoms with van der Waals surface area (Å²) in [5, 5.41) is 9.60. The van der Waals surface area contributed by atoms with Gasteiger partial charge in [0.15, 0.2) is 0 Å². The van der Waals surface area contributed by atoms with Crippen LogP contribution in [0.15, 0.2) is 0 Å². The molecule has 0 radical (unpaired) electrons. The fraction of sp³-hybridized carbons (Fsp3) is 0.900. The predicted molar refractivity (Wildman–Crippen MR) is 49.1 cm³/mol. The Balaban J connectivity index is 2.41. The van der Waals surface area contributed by atoms with Gasteiger partial charge in [-0.05, 0) is 5.92 Å². The third-order valence-corrected chi connectivity index (χ3v) is 2.65. The maximum Gasteiger partial charge on any atom is 0.306 e. The number of esters is 1. The fourth-order valence-corrected chi connectivity index (χ4v) is 1.52. The third-order valence-electron chi connectivity index (χ3n) is 2.65. The van der Waals surface area contributed by atoms with E-state index in [1.165, 1.54) is 0 Å². The van der Waals surface area contributed by atoms with Crippen molar-refractivity contribution in [3.63, 3.8) is 0 Å². The predicted octanol–water partition coefficient (Wildman–Crippen LogP) is 1.34. The van der Waals surface area contributed by atoms with Gasteiger partial charge in [-0.25, -0.2) is 0 Å². The number of hydrogen-bond acceptors (Lipinski definition) is 3. The van der Waals surface area contributed by atoms with E-state index < -0.39 is 0 Å². The number of aliphatic hydroxyl groups is 1. The number of aliphatic hydroxyl groups excluding tert-OH is 1. The molecule has 0 bridgehead atoms. The number of carbonyl (C=O) groups excluding carboxylic acids is 1. The van der Waals surface area contributed by atoms with Crippen LogP contribution in [-0.4, -0.2) is 23.3 Å². The minimum atomic E-state index is -0.363. The van der Waals surface area contributed by atoms with E-state index in [2.05, 4.69) is 0 Å². The highest BCUT2D eigenvalue weighted by Gasteiger charge is 2.33. The second-order valence-corrected chi connectivity index (χ2v) is 4.26. The number of hydrogen-bond donors (Lipinski definition) is 1. The van der Waals surface area contributed by atoms with Gasteiger partial charge in [0, 0.05) is 12.3 Å². The number of cyclic esters (lactones) is 1. The minimum Gasteiger partial charge on any atom is -0.462 e. The summed E-state index contributed by atoms with van der Waals surface area (Å²) in [5.41, 5.74) is 0. The van der Waals surface area contributed by atoms with Crippen LogP contribution in [0.3, 0.4) is 0 Å². The summed E-state index contributed by atoms with van der Waals surface area (Å²) in [4.78, 5) is 10.9. The molecule has 3 heteroatoms. The van der Waals surface area contributed by atoms with Crippen molar-refractivity contribution in [2.24, 2.45) is 11.8 Å². The second kappa shape index (κ2) is 4.09. The zero-order valence-corrected chi connectivity index (χ0v) is 8.49. The molecule has 1 rings (SSSR count). The van der Waals surface area contributed by atoms with Crippen molar-refractivity contribution >= 4 is 5.97 Å². The molecular weight excluding hydrogens is 168 g/mol. The Morgan fingerprint density at radius 1 is 1.62 bits per heavy atom. The highest BCUT2D eigenvalue weighted by molar-refractivity contribution is 5.71. The summed E-state index contributed by atoms with van der Waals surface area (Å²) in [6, 6.07) is 0. The molecule has 0 spiro atoms. The first kappa shape index (κ1) is 10.5. The van der Waals surface area contributed by atoms with Gasteiger partial charge < -0.3 is 9.84 Å². The molecule has 13 heavy (non-hydrogen) atoms. The van der Waals surface area contributed by atoms with Gasteiger partial charge in [-0.2, -0.15) is 0 Å². The first-order chi connectivity index (χ1) is 6.00. The second-order valence-electron chi connectivity index (χ2n) is 4.26. The van der Waals surface area contributed by atoms with Crippen LogP contribution < -0.4 is 0 Å². The molecule has 1 unspecified atom stereocenters. The molecule has 1 aliphatic heterocycles. The molecule has 3 atom stereocenters. The van der Waals surface area contributed by atoms with Gasteiger partial charge in [0.05, 0.1) is 12.5 Å². The van der Waals surface area contributed by atoms with Gasteiger partial charge in [0.2, 0.25) is 0 Å². The Morgan fingerprint density at radius 2 is 2.23 bits per heavy atom. The van der Waals surface area contributed by atoms with Crippen LogP contribution in [0.2, 0.25) is 0 Å². The SMILES string of the molecule is CC(C)C(O)C[C@H]1OC(=O)C[C@@H]1C. The smallest absolute Gasteiger partial charge is 0.306 e. The maximum absolute atomic E-state index is 10.9. The summed E-state index contributed by atoms with van der Waals surface area (Å²) in [6.45, 7) is 5.92. The molecule has 0 aromatic carbocycles. The molecule has 76 valence electrons. The van der Waals surface area contributed by atoms with Crippen LogP contribution in [0.25, 0.3) is 0 Å². The Morgan fingerprint density at radius 3 is 2.62 bits per heavy atom. The molecule has 3 nitrogen and oxygen atoms in total. The van der Waals surface area contributed by atoms with E-state index in [1.807, 2.05) is 20.8 Å². The highest BCUT2D eigenvalue weighted by atomic mass is 16.6. The van der Waals surface area contributed by atoms with Crippen LogP contribution in [0.4, 0.5) is 0 Å². The lowest BCUT2D eigenvalue weighted by atomic mass is 9.94. The van der Waals surface area contributed by atoms with Crippen molar-refractivity contribution < 1.29 is 14.6 Å². The molecule has 1 heterocycles. The van der Waals surface area contributed by atoms with Gasteiger partial charge in [-0.3, -0.25) is 4.79 Å². The topological polar surface area (TPSA) is 46.5 Å². The number of ether oxygens (including phenoxy) is 1. The summed E-state index contributed by atoms with van der Waals surface area (Å²) >= 11 is 0. The van der Waals surface area contributed by atoms with E-state index in [-0.39, 0.29) is 30.0 Å². The standard InChI is InChI=1S/C10H18O3/c1-6(2)8(11)5-9-7(3)4-10(12)13-9/h6-9,11H,4-5H2,1-3H3/t7-,8?,9+/m0/s1. The van der Waals surface area contributed by atoms with E-state index in [1.54, 1.807) is 0 Å². The number of rotatable bonds is 3. The average Bonchev–Trinajstić information content (AvgIpc) is 2.30. The minimum absolute atomic E-state index is 0.0788. The summed E-state index contributed by atoms with van der Waals surface area (Å²) in [6.07, 6.45) is 0.628. The largest absolute Gasteiger partial charge is 0.462 e. The van der Waals surface area contributed by atoms with Gasteiger partial charge in [-0.1, -0.05) is 20.8 Å². The molecule has 0 aromatic rings. The maximum atomic E-state index is 10.9. The summed E-state index contributed by atoms with van der Waals surface area (Å²) in [5.74, 6) is 0.348. The molecule has 0 aliphatic carbocycles. The highest BCUT2D eigenvalue weighted by Crippen LogP contribution is 2.26. The van der Waals surface area contributed by atoms with Crippen molar-refractivity contribution in [1.82, 2.24) is 0 Å². The Bertz CT molecular complexity index is 189. The molecule has 0 amide bonds.